The van der Waals surface area contributed by atoms with Gasteiger partial charge < -0.3 is 19.9 Å². The molecule has 2 aliphatic rings. The van der Waals surface area contributed by atoms with Gasteiger partial charge in [-0.2, -0.15) is 13.2 Å². The van der Waals surface area contributed by atoms with Crippen LogP contribution < -0.4 is 10.1 Å². The molecule has 4 rings (SSSR count). The molecule has 2 aliphatic heterocycles. The molecular weight excluding hydrogens is 475 g/mol. The SMILES string of the molecule is Cc1cc(C(C)N2Cc3c(ccnc3C(=O)NCCN3CCCCC3)C2=O)cnc1OCC(F)(F)F. The molecule has 0 bridgehead atoms. The molecule has 8 nitrogen and oxygen atoms in total. The predicted octanol–water partition coefficient (Wildman–Crippen LogP) is 3.66. The van der Waals surface area contributed by atoms with Crippen molar-refractivity contribution in [3.05, 3.63) is 52.5 Å². The van der Waals surface area contributed by atoms with Crippen LogP contribution in [0.2, 0.25) is 0 Å². The normalized spacial score (nSPS) is 17.1. The molecule has 2 aromatic heterocycles. The molecule has 0 spiro atoms. The Morgan fingerprint density at radius 1 is 1.22 bits per heavy atom. The van der Waals surface area contributed by atoms with E-state index in [4.69, 9.17) is 4.74 Å². The largest absolute Gasteiger partial charge is 0.468 e. The second-order valence-electron chi connectivity index (χ2n) is 9.25. The van der Waals surface area contributed by atoms with Crippen LogP contribution >= 0.6 is 0 Å². The van der Waals surface area contributed by atoms with Gasteiger partial charge in [-0.1, -0.05) is 6.42 Å². The van der Waals surface area contributed by atoms with Gasteiger partial charge in [-0.05, 0) is 57.5 Å². The number of aryl methyl sites for hydroxylation is 1. The van der Waals surface area contributed by atoms with Crippen LogP contribution in [0.1, 0.15) is 69.8 Å². The number of halogens is 3. The van der Waals surface area contributed by atoms with E-state index >= 15 is 0 Å². The van der Waals surface area contributed by atoms with Gasteiger partial charge in [-0.25, -0.2) is 4.98 Å². The number of aromatic nitrogens is 2. The van der Waals surface area contributed by atoms with E-state index in [2.05, 4.69) is 20.2 Å². The van der Waals surface area contributed by atoms with Gasteiger partial charge in [0.15, 0.2) is 6.61 Å². The first-order valence-electron chi connectivity index (χ1n) is 12.1. The summed E-state index contributed by atoms with van der Waals surface area (Å²) in [6, 6.07) is 2.83. The van der Waals surface area contributed by atoms with E-state index in [1.807, 2.05) is 6.92 Å². The van der Waals surface area contributed by atoms with Gasteiger partial charge in [0.1, 0.15) is 5.69 Å². The van der Waals surface area contributed by atoms with Crippen LogP contribution in [-0.4, -0.2) is 70.5 Å². The number of hydrogen-bond acceptors (Lipinski definition) is 6. The van der Waals surface area contributed by atoms with Crippen LogP contribution in [0, 0.1) is 6.92 Å². The van der Waals surface area contributed by atoms with Crippen molar-refractivity contribution in [3.8, 4) is 5.88 Å². The molecule has 1 fully saturated rings. The third-order valence-electron chi connectivity index (χ3n) is 6.63. The zero-order valence-corrected chi connectivity index (χ0v) is 20.4. The summed E-state index contributed by atoms with van der Waals surface area (Å²) in [5.74, 6) is -0.654. The summed E-state index contributed by atoms with van der Waals surface area (Å²) in [6.07, 6.45) is 2.01. The van der Waals surface area contributed by atoms with Crippen molar-refractivity contribution in [2.24, 2.45) is 0 Å². The van der Waals surface area contributed by atoms with Gasteiger partial charge in [0.25, 0.3) is 11.8 Å². The smallest absolute Gasteiger partial charge is 0.422 e. The zero-order valence-electron chi connectivity index (χ0n) is 20.4. The van der Waals surface area contributed by atoms with Crippen molar-refractivity contribution in [1.29, 1.82) is 0 Å². The number of carbonyl (C=O) groups is 2. The molecule has 194 valence electrons. The van der Waals surface area contributed by atoms with Crippen molar-refractivity contribution in [2.45, 2.75) is 51.9 Å². The third-order valence-corrected chi connectivity index (χ3v) is 6.63. The van der Waals surface area contributed by atoms with Crippen molar-refractivity contribution in [2.75, 3.05) is 32.8 Å². The summed E-state index contributed by atoms with van der Waals surface area (Å²) >= 11 is 0. The van der Waals surface area contributed by atoms with Gasteiger partial charge in [0, 0.05) is 48.7 Å². The number of amides is 2. The fraction of sp³-hybridized carbons (Fsp3) is 0.520. The Kier molecular flexibility index (Phi) is 7.77. The first-order chi connectivity index (χ1) is 17.1. The highest BCUT2D eigenvalue weighted by molar-refractivity contribution is 6.03. The molecule has 2 aromatic rings. The highest BCUT2D eigenvalue weighted by atomic mass is 19.4. The van der Waals surface area contributed by atoms with E-state index in [9.17, 15) is 22.8 Å². The minimum atomic E-state index is -4.46. The maximum absolute atomic E-state index is 13.2. The van der Waals surface area contributed by atoms with Crippen LogP contribution in [0.15, 0.2) is 24.5 Å². The quantitative estimate of drug-likeness (QED) is 0.589. The number of pyridine rings is 2. The number of alkyl halides is 3. The number of carbonyl (C=O) groups excluding carboxylic acids is 2. The van der Waals surface area contributed by atoms with E-state index < -0.39 is 18.8 Å². The summed E-state index contributed by atoms with van der Waals surface area (Å²) in [5.41, 5.74) is 2.31. The molecule has 0 radical (unpaired) electrons. The maximum atomic E-state index is 13.2. The summed E-state index contributed by atoms with van der Waals surface area (Å²) in [5, 5.41) is 2.93. The summed E-state index contributed by atoms with van der Waals surface area (Å²) < 4.78 is 42.2. The lowest BCUT2D eigenvalue weighted by Gasteiger charge is -2.26. The lowest BCUT2D eigenvalue weighted by Crippen LogP contribution is -2.38. The van der Waals surface area contributed by atoms with Crippen LogP contribution in [0.3, 0.4) is 0 Å². The van der Waals surface area contributed by atoms with Gasteiger partial charge >= 0.3 is 6.18 Å². The Morgan fingerprint density at radius 3 is 2.67 bits per heavy atom. The topological polar surface area (TPSA) is 87.7 Å². The number of nitrogens with one attached hydrogen (secondary N) is 1. The minimum absolute atomic E-state index is 0.105. The average Bonchev–Trinajstić information content (AvgIpc) is 3.19. The summed E-state index contributed by atoms with van der Waals surface area (Å²) in [6.45, 7) is 5.55. The highest BCUT2D eigenvalue weighted by Gasteiger charge is 2.35. The fourth-order valence-corrected chi connectivity index (χ4v) is 4.65. The number of hydrogen-bond donors (Lipinski definition) is 1. The minimum Gasteiger partial charge on any atom is -0.468 e. The van der Waals surface area contributed by atoms with Gasteiger partial charge in [0.05, 0.1) is 6.04 Å². The molecular formula is C25H30F3N5O3. The second-order valence-corrected chi connectivity index (χ2v) is 9.25. The van der Waals surface area contributed by atoms with Crippen LogP contribution in [-0.2, 0) is 6.54 Å². The van der Waals surface area contributed by atoms with Gasteiger partial charge in [-0.3, -0.25) is 14.6 Å². The fourth-order valence-electron chi connectivity index (χ4n) is 4.65. The summed E-state index contributed by atoms with van der Waals surface area (Å²) in [4.78, 5) is 38.3. The molecule has 0 aromatic carbocycles. The number of rotatable bonds is 8. The molecule has 11 heteroatoms. The second kappa shape index (κ2) is 10.8. The first kappa shape index (κ1) is 25.9. The van der Waals surface area contributed by atoms with Crippen molar-refractivity contribution in [1.82, 2.24) is 25.1 Å². The molecule has 36 heavy (non-hydrogen) atoms. The zero-order chi connectivity index (χ0) is 25.9. The Balaban J connectivity index is 1.42. The standard InChI is InChI=1S/C25H30F3N5O3/c1-16-12-18(13-31-23(16)36-15-25(26,27)28)17(2)33-14-20-19(24(33)35)6-7-29-21(20)22(34)30-8-11-32-9-4-3-5-10-32/h6-7,12-13,17H,3-5,8-11,14-15H2,1-2H3,(H,30,34). The third kappa shape index (κ3) is 5.95. The summed E-state index contributed by atoms with van der Waals surface area (Å²) in [7, 11) is 0. The number of fused-ring (bicyclic) bond motifs is 1. The first-order valence-corrected chi connectivity index (χ1v) is 12.1. The van der Waals surface area contributed by atoms with Crippen LogP contribution in [0.5, 0.6) is 5.88 Å². The molecule has 0 aliphatic carbocycles. The molecule has 0 saturated carbocycles. The van der Waals surface area contributed by atoms with E-state index in [1.165, 1.54) is 31.7 Å². The Hall–Kier alpha value is -3.21. The molecule has 1 saturated heterocycles. The van der Waals surface area contributed by atoms with E-state index in [1.54, 1.807) is 24.0 Å². The van der Waals surface area contributed by atoms with Crippen molar-refractivity contribution in [3.63, 3.8) is 0 Å². The Morgan fingerprint density at radius 2 is 1.97 bits per heavy atom. The lowest BCUT2D eigenvalue weighted by atomic mass is 10.1. The Bertz CT molecular complexity index is 1120. The van der Waals surface area contributed by atoms with Crippen molar-refractivity contribution < 1.29 is 27.5 Å². The average molecular weight is 506 g/mol. The number of likely N-dealkylation sites (tertiary alicyclic amines) is 1. The van der Waals surface area contributed by atoms with E-state index in [0.29, 0.717) is 28.8 Å². The molecule has 2 amide bonds. The maximum Gasteiger partial charge on any atom is 0.422 e. The van der Waals surface area contributed by atoms with Crippen molar-refractivity contribution >= 4 is 11.8 Å². The predicted molar refractivity (Wildman–Crippen MR) is 126 cm³/mol. The lowest BCUT2D eigenvalue weighted by molar-refractivity contribution is -0.154. The van der Waals surface area contributed by atoms with E-state index in [0.717, 1.165) is 19.6 Å². The number of ether oxygens (including phenoxy) is 1. The molecule has 1 unspecified atom stereocenters. The Labute approximate surface area is 207 Å². The molecule has 1 atom stereocenters. The number of piperidine rings is 1. The van der Waals surface area contributed by atoms with Gasteiger partial charge in [-0.15, -0.1) is 0 Å². The molecule has 4 heterocycles. The van der Waals surface area contributed by atoms with Crippen LogP contribution in [0.4, 0.5) is 13.2 Å². The van der Waals surface area contributed by atoms with E-state index in [-0.39, 0.29) is 29.9 Å². The highest BCUT2D eigenvalue weighted by Crippen LogP contribution is 2.33. The number of nitrogens with zero attached hydrogens (tertiary/aromatic N) is 4. The van der Waals surface area contributed by atoms with Gasteiger partial charge in [0.2, 0.25) is 5.88 Å². The monoisotopic (exact) mass is 505 g/mol. The van der Waals surface area contributed by atoms with Crippen LogP contribution in [0.25, 0.3) is 0 Å². The molecule has 1 N–H and O–H groups in total.